The van der Waals surface area contributed by atoms with Crippen LogP contribution in [0.1, 0.15) is 251 Å². The molecule has 4 heteroatoms. The number of unbranched alkanes of at least 4 members (excludes halogenated alkanes) is 26. The van der Waals surface area contributed by atoms with E-state index in [1.54, 1.807) is 6.08 Å². The van der Waals surface area contributed by atoms with Crippen LogP contribution in [0.25, 0.3) is 0 Å². The normalized spacial score (nSPS) is 13.7. The minimum Gasteiger partial charge on any atom is -0.394 e. The van der Waals surface area contributed by atoms with E-state index in [0.29, 0.717) is 6.42 Å². The highest BCUT2D eigenvalue weighted by Gasteiger charge is 2.17. The van der Waals surface area contributed by atoms with Crippen molar-refractivity contribution in [3.63, 3.8) is 0 Å². The summed E-state index contributed by atoms with van der Waals surface area (Å²) in [7, 11) is 0. The van der Waals surface area contributed by atoms with Crippen molar-refractivity contribution >= 4 is 5.91 Å². The van der Waals surface area contributed by atoms with E-state index in [2.05, 4.69) is 116 Å². The van der Waals surface area contributed by atoms with E-state index in [9.17, 15) is 15.0 Å². The molecule has 65 heavy (non-hydrogen) atoms. The Balaban J connectivity index is 3.64. The molecule has 372 valence electrons. The molecule has 0 aromatic rings. The summed E-state index contributed by atoms with van der Waals surface area (Å²) in [6.45, 7) is 4.18. The molecule has 0 radical (unpaired) electrons. The fraction of sp³-hybridized carbons (Fsp3) is 0.689. The van der Waals surface area contributed by atoms with Crippen molar-refractivity contribution in [2.75, 3.05) is 6.61 Å². The first-order valence-corrected chi connectivity index (χ1v) is 27.6. The minimum atomic E-state index is -0.883. The van der Waals surface area contributed by atoms with Crippen molar-refractivity contribution in [1.82, 2.24) is 5.32 Å². The van der Waals surface area contributed by atoms with Crippen LogP contribution in [-0.4, -0.2) is 34.9 Å². The molecule has 0 bridgehead atoms. The van der Waals surface area contributed by atoms with Crippen molar-refractivity contribution in [2.24, 2.45) is 0 Å². The number of amides is 1. The van der Waals surface area contributed by atoms with Gasteiger partial charge in [-0.05, 0) is 96.3 Å². The van der Waals surface area contributed by atoms with Gasteiger partial charge in [0.1, 0.15) is 0 Å². The smallest absolute Gasteiger partial charge is 0.220 e. The molecule has 2 unspecified atom stereocenters. The zero-order valence-electron chi connectivity index (χ0n) is 42.7. The van der Waals surface area contributed by atoms with Gasteiger partial charge in [-0.15, -0.1) is 0 Å². The maximum Gasteiger partial charge on any atom is 0.220 e. The Morgan fingerprint density at radius 1 is 0.385 bits per heavy atom. The topological polar surface area (TPSA) is 69.6 Å². The monoisotopic (exact) mass is 900 g/mol. The van der Waals surface area contributed by atoms with Crippen LogP contribution in [-0.2, 0) is 4.79 Å². The summed E-state index contributed by atoms with van der Waals surface area (Å²) in [5.41, 5.74) is 0. The highest BCUT2D eigenvalue weighted by Crippen LogP contribution is 2.15. The van der Waals surface area contributed by atoms with E-state index < -0.39 is 12.1 Å². The second kappa shape index (κ2) is 55.4. The number of hydrogen-bond acceptors (Lipinski definition) is 3. The van der Waals surface area contributed by atoms with Crippen LogP contribution < -0.4 is 5.32 Å². The highest BCUT2D eigenvalue weighted by atomic mass is 16.3. The summed E-state index contributed by atoms with van der Waals surface area (Å²) in [6, 6.07) is -0.659. The summed E-state index contributed by atoms with van der Waals surface area (Å²) >= 11 is 0. The number of aliphatic hydroxyl groups is 2. The van der Waals surface area contributed by atoms with Gasteiger partial charge in [0.25, 0.3) is 0 Å². The number of aliphatic hydroxyl groups excluding tert-OH is 2. The van der Waals surface area contributed by atoms with Crippen LogP contribution in [0.3, 0.4) is 0 Å². The van der Waals surface area contributed by atoms with E-state index in [-0.39, 0.29) is 12.5 Å². The molecular weight excluding hydrogens is 795 g/mol. The van der Waals surface area contributed by atoms with Crippen LogP contribution in [0.2, 0.25) is 0 Å². The van der Waals surface area contributed by atoms with Crippen molar-refractivity contribution in [3.8, 4) is 0 Å². The lowest BCUT2D eigenvalue weighted by molar-refractivity contribution is -0.123. The molecule has 0 rings (SSSR count). The first kappa shape index (κ1) is 62.1. The zero-order valence-corrected chi connectivity index (χ0v) is 42.7. The Morgan fingerprint density at radius 3 is 1.08 bits per heavy atom. The third kappa shape index (κ3) is 51.9. The molecule has 0 spiro atoms. The summed E-state index contributed by atoms with van der Waals surface area (Å²) in [5.74, 6) is -0.0899. The standard InChI is InChI=1S/C61H105NO3/c1-3-5-7-9-11-13-15-17-19-21-23-25-27-29-31-33-35-37-39-41-43-45-47-49-51-53-55-57-61(65)62-59(58-63)60(64)56-54-52-50-48-46-44-42-40-38-36-34-32-30-28-26-24-22-20-18-16-14-12-10-8-6-4-2/h5,7,11,13,17,19,23,25,29,31,35,37-38,40,46,48,54,56,59-60,63-64H,3-4,6,8-10,12,14-16,18,20-22,24,26-28,30,32-34,36,39,41-45,47,49-53,55,57-58H2,1-2H3,(H,62,65)/b7-5-,13-11-,19-17-,25-23-,31-29-,37-35-,40-38+,48-46+,56-54+. The molecule has 0 aromatic carbocycles. The lowest BCUT2D eigenvalue weighted by atomic mass is 10.0. The summed E-state index contributed by atoms with van der Waals surface area (Å²) in [5, 5.41) is 23.1. The van der Waals surface area contributed by atoms with Gasteiger partial charge in [0, 0.05) is 6.42 Å². The predicted octanol–water partition coefficient (Wildman–Crippen LogP) is 18.3. The van der Waals surface area contributed by atoms with E-state index in [0.717, 1.165) is 89.9 Å². The molecule has 0 aliphatic heterocycles. The van der Waals surface area contributed by atoms with Gasteiger partial charge in [-0.2, -0.15) is 0 Å². The predicted molar refractivity (Wildman–Crippen MR) is 289 cm³/mol. The molecule has 0 saturated carbocycles. The quantitative estimate of drug-likeness (QED) is 0.0421. The van der Waals surface area contributed by atoms with Crippen LogP contribution in [0, 0.1) is 0 Å². The van der Waals surface area contributed by atoms with Crippen molar-refractivity contribution < 1.29 is 15.0 Å². The maximum atomic E-state index is 12.5. The van der Waals surface area contributed by atoms with Crippen LogP contribution in [0.15, 0.2) is 109 Å². The Labute approximate surface area is 404 Å². The molecule has 0 fully saturated rings. The Kier molecular flexibility index (Phi) is 52.9. The second-order valence-electron chi connectivity index (χ2n) is 18.2. The van der Waals surface area contributed by atoms with Gasteiger partial charge < -0.3 is 15.5 Å². The summed E-state index contributed by atoms with van der Waals surface area (Å²) < 4.78 is 0. The number of nitrogens with one attached hydrogen (secondary N) is 1. The summed E-state index contributed by atoms with van der Waals surface area (Å²) in [4.78, 5) is 12.5. The van der Waals surface area contributed by atoms with Gasteiger partial charge in [0.15, 0.2) is 0 Å². The van der Waals surface area contributed by atoms with Crippen LogP contribution in [0.4, 0.5) is 0 Å². The van der Waals surface area contributed by atoms with Gasteiger partial charge in [-0.1, -0.05) is 258 Å². The van der Waals surface area contributed by atoms with Crippen molar-refractivity contribution in [3.05, 3.63) is 109 Å². The maximum absolute atomic E-state index is 12.5. The molecule has 3 N–H and O–H groups in total. The molecular formula is C61H105NO3. The molecule has 1 amide bonds. The van der Waals surface area contributed by atoms with Crippen molar-refractivity contribution in [1.29, 1.82) is 0 Å². The Bertz CT molecular complexity index is 1250. The Morgan fingerprint density at radius 2 is 0.692 bits per heavy atom. The lowest BCUT2D eigenvalue weighted by Gasteiger charge is -2.19. The average molecular weight is 901 g/mol. The molecule has 0 saturated heterocycles. The fourth-order valence-corrected chi connectivity index (χ4v) is 7.80. The summed E-state index contributed by atoms with van der Waals surface area (Å²) in [6.07, 6.45) is 83.8. The molecule has 2 atom stereocenters. The first-order chi connectivity index (χ1) is 32.2. The molecule has 4 nitrogen and oxygen atoms in total. The number of rotatable bonds is 49. The zero-order chi connectivity index (χ0) is 47.0. The number of allylic oxidation sites excluding steroid dienone is 17. The van der Waals surface area contributed by atoms with E-state index in [1.807, 2.05) is 6.08 Å². The van der Waals surface area contributed by atoms with Gasteiger partial charge in [0.05, 0.1) is 18.8 Å². The van der Waals surface area contributed by atoms with E-state index in [4.69, 9.17) is 0 Å². The fourth-order valence-electron chi connectivity index (χ4n) is 7.80. The number of carbonyl (C=O) groups excluding carboxylic acids is 1. The average Bonchev–Trinajstić information content (AvgIpc) is 3.31. The first-order valence-electron chi connectivity index (χ1n) is 27.6. The van der Waals surface area contributed by atoms with Crippen LogP contribution in [0.5, 0.6) is 0 Å². The van der Waals surface area contributed by atoms with E-state index >= 15 is 0 Å². The van der Waals surface area contributed by atoms with E-state index in [1.165, 1.54) is 141 Å². The van der Waals surface area contributed by atoms with Gasteiger partial charge in [-0.3, -0.25) is 4.79 Å². The number of carbonyl (C=O) groups is 1. The molecule has 0 aliphatic rings. The van der Waals surface area contributed by atoms with Gasteiger partial charge in [-0.25, -0.2) is 0 Å². The number of hydrogen-bond donors (Lipinski definition) is 3. The van der Waals surface area contributed by atoms with Gasteiger partial charge >= 0.3 is 0 Å². The van der Waals surface area contributed by atoms with Crippen LogP contribution >= 0.6 is 0 Å². The SMILES string of the molecule is CC/C=C\C/C=C\C/C=C\C/C=C\C/C=C\C/C=C\CCCCCCCCCCC(=O)NC(CO)C(O)/C=C/CC/C=C/CC/C=C/CCCCCCCCCCCCCCCCCC. The highest BCUT2D eigenvalue weighted by molar-refractivity contribution is 5.76. The van der Waals surface area contributed by atoms with Crippen molar-refractivity contribution in [2.45, 2.75) is 264 Å². The largest absolute Gasteiger partial charge is 0.394 e. The molecule has 0 aromatic heterocycles. The molecule has 0 aliphatic carbocycles. The third-order valence-electron chi connectivity index (χ3n) is 12.0. The molecule has 0 heterocycles. The lowest BCUT2D eigenvalue weighted by Crippen LogP contribution is -2.45. The Hall–Kier alpha value is -2.95. The van der Waals surface area contributed by atoms with Gasteiger partial charge in [0.2, 0.25) is 5.91 Å². The minimum absolute atomic E-state index is 0.0899. The second-order valence-corrected chi connectivity index (χ2v) is 18.2. The third-order valence-corrected chi connectivity index (χ3v) is 12.0.